The number of halogens is 2. The smallest absolute Gasteiger partial charge is 0.339 e. The molecule has 0 atom stereocenters. The van der Waals surface area contributed by atoms with Crippen molar-refractivity contribution >= 4 is 61.3 Å². The normalized spacial score (nSPS) is 11.2. The quantitative estimate of drug-likeness (QED) is 0.542. The molecule has 0 bridgehead atoms. The van der Waals surface area contributed by atoms with Crippen LogP contribution in [0.2, 0.25) is 0 Å². The fraction of sp³-hybridized carbons (Fsp3) is 0.125. The van der Waals surface area contributed by atoms with Crippen LogP contribution < -0.4 is 4.18 Å². The molecule has 0 saturated carbocycles. The Labute approximate surface area is 120 Å². The topological polar surface area (TPSA) is 80.7 Å². The maximum Gasteiger partial charge on any atom is 0.339 e. The van der Waals surface area contributed by atoms with Crippen LogP contribution >= 0.6 is 45.2 Å². The van der Waals surface area contributed by atoms with Gasteiger partial charge >= 0.3 is 16.1 Å². The van der Waals surface area contributed by atoms with Gasteiger partial charge < -0.3 is 9.29 Å². The highest BCUT2D eigenvalue weighted by Gasteiger charge is 2.19. The molecule has 1 rings (SSSR count). The largest absolute Gasteiger partial charge is 0.478 e. The number of carboxylic acids is 1. The molecule has 0 amide bonds. The number of carbonyl (C=O) groups is 1. The van der Waals surface area contributed by atoms with Crippen molar-refractivity contribution < 1.29 is 22.5 Å². The third-order valence-corrected chi connectivity index (χ3v) is 3.37. The molecule has 0 fully saturated rings. The Morgan fingerprint density at radius 1 is 1.38 bits per heavy atom. The molecular formula is C8H6I2O5S. The van der Waals surface area contributed by atoms with Gasteiger partial charge in [-0.25, -0.2) is 4.79 Å². The van der Waals surface area contributed by atoms with Crippen LogP contribution in [0, 0.1) is 7.14 Å². The zero-order valence-corrected chi connectivity index (χ0v) is 13.0. The average Bonchev–Trinajstić information content (AvgIpc) is 2.07. The van der Waals surface area contributed by atoms with Gasteiger partial charge in [0.2, 0.25) is 0 Å². The van der Waals surface area contributed by atoms with E-state index in [0.717, 1.165) is 6.26 Å². The minimum absolute atomic E-state index is 0.143. The van der Waals surface area contributed by atoms with Crippen molar-refractivity contribution in [3.05, 3.63) is 24.8 Å². The second kappa shape index (κ2) is 5.04. The summed E-state index contributed by atoms with van der Waals surface area (Å²) in [5.41, 5.74) is -0.165. The van der Waals surface area contributed by atoms with Crippen LogP contribution in [0.15, 0.2) is 12.1 Å². The van der Waals surface area contributed by atoms with E-state index in [9.17, 15) is 13.2 Å². The molecule has 8 heteroatoms. The molecule has 0 radical (unpaired) electrons. The zero-order chi connectivity index (χ0) is 12.5. The van der Waals surface area contributed by atoms with Gasteiger partial charge in [-0.3, -0.25) is 0 Å². The van der Waals surface area contributed by atoms with Gasteiger partial charge in [0.1, 0.15) is 5.56 Å². The second-order valence-corrected chi connectivity index (χ2v) is 6.84. The van der Waals surface area contributed by atoms with E-state index >= 15 is 0 Å². The average molecular weight is 468 g/mol. The summed E-state index contributed by atoms with van der Waals surface area (Å²) < 4.78 is 27.8. The molecule has 1 N–H and O–H groups in total. The van der Waals surface area contributed by atoms with Crippen LogP contribution in [0.5, 0.6) is 5.75 Å². The van der Waals surface area contributed by atoms with Gasteiger partial charge in [0.15, 0.2) is 5.75 Å². The van der Waals surface area contributed by atoms with E-state index in [1.54, 1.807) is 6.07 Å². The van der Waals surface area contributed by atoms with Crippen molar-refractivity contribution in [2.24, 2.45) is 0 Å². The van der Waals surface area contributed by atoms with Crippen molar-refractivity contribution in [2.75, 3.05) is 6.26 Å². The molecule has 0 spiro atoms. The first-order chi connectivity index (χ1) is 7.20. The van der Waals surface area contributed by atoms with Crippen molar-refractivity contribution in [2.45, 2.75) is 0 Å². The van der Waals surface area contributed by atoms with E-state index in [1.807, 2.05) is 45.2 Å². The Morgan fingerprint density at radius 3 is 2.38 bits per heavy atom. The summed E-state index contributed by atoms with van der Waals surface area (Å²) in [6, 6.07) is 2.99. The molecule has 5 nitrogen and oxygen atoms in total. The minimum Gasteiger partial charge on any atom is -0.478 e. The third-order valence-electron chi connectivity index (χ3n) is 1.47. The van der Waals surface area contributed by atoms with Gasteiger partial charge in [-0.05, 0) is 57.3 Å². The minimum atomic E-state index is -3.74. The summed E-state index contributed by atoms with van der Waals surface area (Å²) in [6.07, 6.45) is 0.868. The van der Waals surface area contributed by atoms with Gasteiger partial charge in [0.05, 0.1) is 9.83 Å². The summed E-state index contributed by atoms with van der Waals surface area (Å²) in [7, 11) is -3.74. The number of benzene rings is 1. The molecular weight excluding hydrogens is 462 g/mol. The number of hydrogen-bond acceptors (Lipinski definition) is 4. The first-order valence-corrected chi connectivity index (χ1v) is 7.80. The van der Waals surface area contributed by atoms with Crippen molar-refractivity contribution in [3.8, 4) is 5.75 Å². The molecule has 1 aromatic rings. The number of hydrogen-bond donors (Lipinski definition) is 1. The van der Waals surface area contributed by atoms with Crippen LogP contribution in [0.1, 0.15) is 10.4 Å². The molecule has 0 aliphatic carbocycles. The Morgan fingerprint density at radius 2 is 1.94 bits per heavy atom. The first-order valence-electron chi connectivity index (χ1n) is 3.82. The first kappa shape index (κ1) is 14.0. The lowest BCUT2D eigenvalue weighted by molar-refractivity contribution is 0.0695. The van der Waals surface area contributed by atoms with Gasteiger partial charge in [-0.1, -0.05) is 0 Å². The molecule has 88 valence electrons. The van der Waals surface area contributed by atoms with E-state index in [4.69, 9.17) is 5.11 Å². The van der Waals surface area contributed by atoms with E-state index in [0.29, 0.717) is 7.14 Å². The molecule has 0 unspecified atom stereocenters. The second-order valence-electron chi connectivity index (χ2n) is 2.86. The zero-order valence-electron chi connectivity index (χ0n) is 7.90. The highest BCUT2D eigenvalue weighted by molar-refractivity contribution is 14.1. The molecule has 16 heavy (non-hydrogen) atoms. The summed E-state index contributed by atoms with van der Waals surface area (Å²) in [5, 5.41) is 8.93. The Hall–Kier alpha value is -0.100. The van der Waals surface area contributed by atoms with Crippen LogP contribution in [0.3, 0.4) is 0 Å². The molecule has 1 aromatic carbocycles. The van der Waals surface area contributed by atoms with Crippen molar-refractivity contribution in [1.29, 1.82) is 0 Å². The monoisotopic (exact) mass is 468 g/mol. The van der Waals surface area contributed by atoms with Crippen LogP contribution in [0.4, 0.5) is 0 Å². The summed E-state index contributed by atoms with van der Waals surface area (Å²) in [5.74, 6) is -1.37. The van der Waals surface area contributed by atoms with E-state index in [2.05, 4.69) is 4.18 Å². The van der Waals surface area contributed by atoms with Crippen LogP contribution in [-0.2, 0) is 10.1 Å². The predicted octanol–water partition coefficient (Wildman–Crippen LogP) is 1.93. The lowest BCUT2D eigenvalue weighted by Crippen LogP contribution is -2.11. The molecule has 0 aliphatic heterocycles. The van der Waals surface area contributed by atoms with Crippen LogP contribution in [-0.4, -0.2) is 25.7 Å². The Kier molecular flexibility index (Phi) is 4.40. The standard InChI is InChI=1S/C8H6I2O5S/c1-16(13,14)15-7-5(8(11)12)2-4(9)3-6(7)10/h2-3H,1H3,(H,11,12). The SMILES string of the molecule is CS(=O)(=O)Oc1c(I)cc(I)cc1C(=O)O. The third kappa shape index (κ3) is 3.73. The van der Waals surface area contributed by atoms with Gasteiger partial charge in [-0.15, -0.1) is 0 Å². The highest BCUT2D eigenvalue weighted by atomic mass is 127. The lowest BCUT2D eigenvalue weighted by atomic mass is 10.2. The molecule has 0 heterocycles. The number of rotatable bonds is 3. The van der Waals surface area contributed by atoms with E-state index in [1.165, 1.54) is 6.07 Å². The summed E-state index contributed by atoms with van der Waals surface area (Å²) in [4.78, 5) is 10.9. The fourth-order valence-electron chi connectivity index (χ4n) is 0.955. The summed E-state index contributed by atoms with van der Waals surface area (Å²) >= 11 is 3.77. The van der Waals surface area contributed by atoms with Gasteiger partial charge in [0, 0.05) is 3.57 Å². The maximum absolute atomic E-state index is 11.0. The van der Waals surface area contributed by atoms with E-state index < -0.39 is 16.1 Å². The highest BCUT2D eigenvalue weighted by Crippen LogP contribution is 2.29. The Bertz CT molecular complexity index is 538. The van der Waals surface area contributed by atoms with Crippen molar-refractivity contribution in [1.82, 2.24) is 0 Å². The van der Waals surface area contributed by atoms with Gasteiger partial charge in [-0.2, -0.15) is 8.42 Å². The molecule has 0 aliphatic rings. The maximum atomic E-state index is 11.0. The number of carboxylic acid groups (broad SMARTS) is 1. The van der Waals surface area contributed by atoms with Gasteiger partial charge in [0.25, 0.3) is 0 Å². The molecule has 0 saturated heterocycles. The Balaban J connectivity index is 3.41. The summed E-state index contributed by atoms with van der Waals surface area (Å²) in [6.45, 7) is 0. The fourth-order valence-corrected chi connectivity index (χ4v) is 3.54. The molecule has 0 aromatic heterocycles. The predicted molar refractivity (Wildman–Crippen MR) is 74.3 cm³/mol. The number of aromatic carboxylic acids is 1. The van der Waals surface area contributed by atoms with E-state index in [-0.39, 0.29) is 11.3 Å². The van der Waals surface area contributed by atoms with Crippen LogP contribution in [0.25, 0.3) is 0 Å². The van der Waals surface area contributed by atoms with Crippen molar-refractivity contribution in [3.63, 3.8) is 0 Å². The lowest BCUT2D eigenvalue weighted by Gasteiger charge is -2.09.